The van der Waals surface area contributed by atoms with Crippen LogP contribution >= 0.6 is 15.9 Å². The zero-order valence-corrected chi connectivity index (χ0v) is 22.1. The van der Waals surface area contributed by atoms with Gasteiger partial charge in [-0.2, -0.15) is 5.26 Å². The molecule has 1 aromatic carbocycles. The number of nitrogens with zero attached hydrogens (tertiary/aromatic N) is 2. The number of amides is 2. The Labute approximate surface area is 217 Å². The smallest absolute Gasteiger partial charge is 0.322 e. The molecule has 0 aliphatic heterocycles. The van der Waals surface area contributed by atoms with Crippen LogP contribution in [0.1, 0.15) is 64.7 Å². The van der Waals surface area contributed by atoms with Crippen LogP contribution in [0.3, 0.4) is 0 Å². The molecule has 5 nitrogen and oxygen atoms in total. The molecule has 4 aliphatic rings. The van der Waals surface area contributed by atoms with Crippen molar-refractivity contribution in [2.75, 3.05) is 11.9 Å². The summed E-state index contributed by atoms with van der Waals surface area (Å²) in [4.78, 5) is 15.6. The number of allylic oxidation sites excluding steroid dienone is 4. The lowest BCUT2D eigenvalue weighted by molar-refractivity contribution is 0.147. The van der Waals surface area contributed by atoms with E-state index in [0.717, 1.165) is 73.6 Å². The molecule has 1 aromatic rings. The molecule has 35 heavy (non-hydrogen) atoms. The molecule has 5 unspecified atom stereocenters. The lowest BCUT2D eigenvalue weighted by Crippen LogP contribution is -2.46. The van der Waals surface area contributed by atoms with Crippen molar-refractivity contribution in [1.82, 2.24) is 4.90 Å². The van der Waals surface area contributed by atoms with Crippen LogP contribution in [0.15, 0.2) is 52.0 Å². The van der Waals surface area contributed by atoms with Gasteiger partial charge < -0.3 is 15.3 Å². The van der Waals surface area contributed by atoms with Crippen LogP contribution in [-0.4, -0.2) is 34.7 Å². The van der Waals surface area contributed by atoms with Gasteiger partial charge in [0.15, 0.2) is 0 Å². The molecule has 0 bridgehead atoms. The number of aliphatic hydroxyl groups excluding tert-OH is 1. The van der Waals surface area contributed by atoms with E-state index in [4.69, 9.17) is 0 Å². The maximum atomic E-state index is 13.5. The molecule has 0 radical (unpaired) electrons. The van der Waals surface area contributed by atoms with Crippen molar-refractivity contribution in [2.45, 2.75) is 76.9 Å². The van der Waals surface area contributed by atoms with Gasteiger partial charge in [0, 0.05) is 28.3 Å². The monoisotopic (exact) mass is 537 g/mol. The molecule has 0 heterocycles. The quantitative estimate of drug-likeness (QED) is 0.418. The number of anilines is 1. The average molecular weight is 539 g/mol. The minimum Gasteiger partial charge on any atom is -0.393 e. The van der Waals surface area contributed by atoms with Crippen LogP contribution in [0.5, 0.6) is 0 Å². The molecule has 186 valence electrons. The Morgan fingerprint density at radius 1 is 1.31 bits per heavy atom. The maximum Gasteiger partial charge on any atom is 0.322 e. The Morgan fingerprint density at radius 3 is 2.89 bits per heavy atom. The number of carbonyl (C=O) groups is 1. The number of fused-ring (bicyclic) bond motifs is 1. The number of carbonyl (C=O) groups excluding carboxylic acids is 1. The first-order valence-electron chi connectivity index (χ1n) is 13.2. The van der Waals surface area contributed by atoms with Crippen molar-refractivity contribution in [3.05, 3.63) is 52.0 Å². The molecule has 6 atom stereocenters. The molecule has 4 aliphatic carbocycles. The first-order valence-corrected chi connectivity index (χ1v) is 14.0. The van der Waals surface area contributed by atoms with Gasteiger partial charge in [0.25, 0.3) is 0 Å². The molecule has 3 saturated carbocycles. The molecule has 3 fully saturated rings. The second-order valence-corrected chi connectivity index (χ2v) is 12.2. The minimum atomic E-state index is -0.178. The third kappa shape index (κ3) is 5.37. The number of halogens is 1. The molecule has 2 N–H and O–H groups in total. The highest BCUT2D eigenvalue weighted by molar-refractivity contribution is 9.10. The summed E-state index contributed by atoms with van der Waals surface area (Å²) in [6.07, 6.45) is 13.3. The highest BCUT2D eigenvalue weighted by atomic mass is 79.9. The topological polar surface area (TPSA) is 76.4 Å². The van der Waals surface area contributed by atoms with Crippen molar-refractivity contribution in [1.29, 1.82) is 5.26 Å². The van der Waals surface area contributed by atoms with Gasteiger partial charge in [-0.15, -0.1) is 0 Å². The van der Waals surface area contributed by atoms with Crippen molar-refractivity contribution in [2.24, 2.45) is 23.2 Å². The van der Waals surface area contributed by atoms with Gasteiger partial charge in [-0.3, -0.25) is 0 Å². The first kappa shape index (κ1) is 24.6. The molecule has 0 aromatic heterocycles. The summed E-state index contributed by atoms with van der Waals surface area (Å²) in [5.74, 6) is 1.51. The molecule has 0 saturated heterocycles. The summed E-state index contributed by atoms with van der Waals surface area (Å²) in [7, 11) is 0. The van der Waals surface area contributed by atoms with E-state index in [-0.39, 0.29) is 23.6 Å². The Balaban J connectivity index is 1.29. The number of nitriles is 1. The Morgan fingerprint density at radius 2 is 2.17 bits per heavy atom. The number of rotatable bonds is 6. The second kappa shape index (κ2) is 10.1. The zero-order valence-electron chi connectivity index (χ0n) is 20.5. The van der Waals surface area contributed by atoms with E-state index in [0.29, 0.717) is 17.8 Å². The molecule has 5 rings (SSSR count). The summed E-state index contributed by atoms with van der Waals surface area (Å²) >= 11 is 3.50. The lowest BCUT2D eigenvalue weighted by Gasteiger charge is -2.38. The van der Waals surface area contributed by atoms with Gasteiger partial charge >= 0.3 is 6.03 Å². The van der Waals surface area contributed by atoms with E-state index >= 15 is 0 Å². The molecule has 0 spiro atoms. The Hall–Kier alpha value is -2.10. The van der Waals surface area contributed by atoms with Gasteiger partial charge in [0.05, 0.1) is 12.2 Å². The van der Waals surface area contributed by atoms with Crippen molar-refractivity contribution in [3.63, 3.8) is 0 Å². The molecular weight excluding hydrogens is 502 g/mol. The van der Waals surface area contributed by atoms with Gasteiger partial charge in [0.2, 0.25) is 0 Å². The second-order valence-electron chi connectivity index (χ2n) is 11.3. The van der Waals surface area contributed by atoms with Crippen LogP contribution in [0.25, 0.3) is 0 Å². The van der Waals surface area contributed by atoms with Crippen LogP contribution in [0.4, 0.5) is 10.5 Å². The Bertz CT molecular complexity index is 1080. The molecule has 6 heteroatoms. The van der Waals surface area contributed by atoms with Crippen molar-refractivity contribution < 1.29 is 9.90 Å². The SMILES string of the molecule is CC1C=C(C23CCC(N(CCC4CC[C@H](O)C4)C(=O)Nc4cccc(Br)c4)CC2C3)C=C(C#N)C1. The lowest BCUT2D eigenvalue weighted by atomic mass is 9.76. The highest BCUT2D eigenvalue weighted by Crippen LogP contribution is 2.67. The van der Waals surface area contributed by atoms with E-state index < -0.39 is 0 Å². The average Bonchev–Trinajstić information content (AvgIpc) is 3.43. The van der Waals surface area contributed by atoms with Gasteiger partial charge in [-0.1, -0.05) is 35.0 Å². The molecular formula is C29H36BrN3O2. The zero-order chi connectivity index (χ0) is 24.6. The Kier molecular flexibility index (Phi) is 7.10. The number of hydrogen-bond donors (Lipinski definition) is 2. The van der Waals surface area contributed by atoms with Gasteiger partial charge in [-0.25, -0.2) is 4.79 Å². The number of benzene rings is 1. The fourth-order valence-electron chi connectivity index (χ4n) is 6.89. The van der Waals surface area contributed by atoms with E-state index in [9.17, 15) is 15.2 Å². The summed E-state index contributed by atoms with van der Waals surface area (Å²) in [5.41, 5.74) is 3.31. The maximum absolute atomic E-state index is 13.5. The number of aliphatic hydroxyl groups is 1. The fourth-order valence-corrected chi connectivity index (χ4v) is 7.29. The predicted molar refractivity (Wildman–Crippen MR) is 142 cm³/mol. The first-order chi connectivity index (χ1) is 16.9. The van der Waals surface area contributed by atoms with Crippen LogP contribution in [-0.2, 0) is 0 Å². The summed E-state index contributed by atoms with van der Waals surface area (Å²) in [6, 6.07) is 10.4. The number of hydrogen-bond acceptors (Lipinski definition) is 3. The van der Waals surface area contributed by atoms with E-state index in [1.165, 1.54) is 12.0 Å². The van der Waals surface area contributed by atoms with Gasteiger partial charge in [0.1, 0.15) is 0 Å². The number of nitrogens with one attached hydrogen (secondary N) is 1. The summed E-state index contributed by atoms with van der Waals surface area (Å²) in [6.45, 7) is 2.94. The van der Waals surface area contributed by atoms with E-state index in [2.05, 4.69) is 51.3 Å². The highest BCUT2D eigenvalue weighted by Gasteiger charge is 2.59. The normalized spacial score (nSPS) is 33.7. The van der Waals surface area contributed by atoms with Crippen molar-refractivity contribution >= 4 is 27.6 Å². The largest absolute Gasteiger partial charge is 0.393 e. The number of urea groups is 1. The summed E-state index contributed by atoms with van der Waals surface area (Å²) in [5, 5.41) is 22.6. The van der Waals surface area contributed by atoms with Crippen LogP contribution in [0, 0.1) is 34.5 Å². The predicted octanol–water partition coefficient (Wildman–Crippen LogP) is 6.81. The van der Waals surface area contributed by atoms with Crippen molar-refractivity contribution in [3.8, 4) is 6.07 Å². The van der Waals surface area contributed by atoms with Crippen LogP contribution in [0.2, 0.25) is 0 Å². The van der Waals surface area contributed by atoms with Gasteiger partial charge in [-0.05, 0) is 111 Å². The third-order valence-electron chi connectivity index (χ3n) is 8.84. The fraction of sp³-hybridized carbons (Fsp3) is 0.586. The minimum absolute atomic E-state index is 0.0167. The van der Waals surface area contributed by atoms with Crippen LogP contribution < -0.4 is 5.32 Å². The summed E-state index contributed by atoms with van der Waals surface area (Å²) < 4.78 is 0.946. The third-order valence-corrected chi connectivity index (χ3v) is 9.33. The standard InChI is InChI=1S/C29H36BrN3O2/c1-19-11-21(18-31)13-22(12-19)29-9-7-26(15-23(29)17-29)33(10-8-20-5-6-27(34)14-20)28(35)32-25-4-2-3-24(30)16-25/h2-4,12-13,16,19-20,23,26-27,34H,5-11,14-15,17H2,1H3,(H,32,35)/t19?,20?,23?,26?,27-,29?/m0/s1. The van der Waals surface area contributed by atoms with E-state index in [1.54, 1.807) is 0 Å². The molecule has 2 amide bonds. The van der Waals surface area contributed by atoms with E-state index in [1.807, 2.05) is 24.3 Å².